The van der Waals surface area contributed by atoms with Gasteiger partial charge in [0.1, 0.15) is 0 Å². The van der Waals surface area contributed by atoms with Gasteiger partial charge in [0.2, 0.25) is 0 Å². The molecule has 1 rings (SSSR count). The number of hydrogen-bond donors (Lipinski definition) is 2. The van der Waals surface area contributed by atoms with Crippen molar-refractivity contribution in [3.8, 4) is 0 Å². The fraction of sp³-hybridized carbons (Fsp3) is 0.800. The number of urea groups is 1. The summed E-state index contributed by atoms with van der Waals surface area (Å²) in [6.07, 6.45) is 2.08. The van der Waals surface area contributed by atoms with Crippen molar-refractivity contribution in [1.29, 1.82) is 0 Å². The van der Waals surface area contributed by atoms with E-state index in [2.05, 4.69) is 5.32 Å². The van der Waals surface area contributed by atoms with E-state index in [4.69, 9.17) is 5.11 Å². The lowest BCUT2D eigenvalue weighted by Gasteiger charge is -2.22. The molecule has 1 fully saturated rings. The monoisotopic (exact) mass is 214 g/mol. The molecule has 15 heavy (non-hydrogen) atoms. The molecule has 0 aliphatic carbocycles. The van der Waals surface area contributed by atoms with Gasteiger partial charge in [-0.2, -0.15) is 0 Å². The van der Waals surface area contributed by atoms with Crippen molar-refractivity contribution in [3.05, 3.63) is 0 Å². The molecule has 2 N–H and O–H groups in total. The number of likely N-dealkylation sites (tertiary alicyclic amines) is 1. The predicted octanol–water partition coefficient (Wildman–Crippen LogP) is 0.901. The lowest BCUT2D eigenvalue weighted by molar-refractivity contribution is -0.141. The minimum atomic E-state index is -0.885. The molecule has 1 saturated heterocycles. The predicted molar refractivity (Wildman–Crippen MR) is 55.6 cm³/mol. The zero-order valence-electron chi connectivity index (χ0n) is 9.19. The Balaban J connectivity index is 2.39. The van der Waals surface area contributed by atoms with Crippen LogP contribution in [-0.2, 0) is 4.79 Å². The van der Waals surface area contributed by atoms with Crippen LogP contribution in [0.2, 0.25) is 0 Å². The standard InChI is InChI=1S/C10H18N2O3/c1-7(9(13)14)8(2)11-10(15)12-5-3-4-6-12/h7-8H,3-6H2,1-2H3,(H,11,15)(H,13,14). The summed E-state index contributed by atoms with van der Waals surface area (Å²) < 4.78 is 0. The molecule has 1 aliphatic rings. The average molecular weight is 214 g/mol. The summed E-state index contributed by atoms with van der Waals surface area (Å²) in [6.45, 7) is 4.87. The third kappa shape index (κ3) is 3.11. The van der Waals surface area contributed by atoms with Crippen molar-refractivity contribution in [2.45, 2.75) is 32.7 Å². The Hall–Kier alpha value is -1.26. The van der Waals surface area contributed by atoms with Gasteiger partial charge in [0.15, 0.2) is 0 Å². The largest absolute Gasteiger partial charge is 0.481 e. The Kier molecular flexibility index (Phi) is 3.94. The van der Waals surface area contributed by atoms with Crippen LogP contribution in [0.3, 0.4) is 0 Å². The van der Waals surface area contributed by atoms with Crippen molar-refractivity contribution < 1.29 is 14.7 Å². The highest BCUT2D eigenvalue weighted by molar-refractivity contribution is 5.76. The molecular weight excluding hydrogens is 196 g/mol. The molecule has 2 amide bonds. The molecule has 0 bridgehead atoms. The number of rotatable bonds is 3. The van der Waals surface area contributed by atoms with E-state index in [0.29, 0.717) is 0 Å². The van der Waals surface area contributed by atoms with Crippen LogP contribution in [0.15, 0.2) is 0 Å². The number of aliphatic carboxylic acids is 1. The first-order valence-corrected chi connectivity index (χ1v) is 5.30. The summed E-state index contributed by atoms with van der Waals surface area (Å²) in [4.78, 5) is 24.0. The van der Waals surface area contributed by atoms with Gasteiger partial charge in [-0.3, -0.25) is 4.79 Å². The second-order valence-electron chi connectivity index (χ2n) is 4.06. The highest BCUT2D eigenvalue weighted by Gasteiger charge is 2.24. The van der Waals surface area contributed by atoms with E-state index < -0.39 is 11.9 Å². The van der Waals surface area contributed by atoms with E-state index in [1.54, 1.807) is 18.7 Å². The summed E-state index contributed by atoms with van der Waals surface area (Å²) in [5.41, 5.74) is 0. The van der Waals surface area contributed by atoms with E-state index in [1.807, 2.05) is 0 Å². The van der Waals surface area contributed by atoms with Crippen LogP contribution in [0.5, 0.6) is 0 Å². The minimum Gasteiger partial charge on any atom is -0.481 e. The highest BCUT2D eigenvalue weighted by atomic mass is 16.4. The summed E-state index contributed by atoms with van der Waals surface area (Å²) in [5.74, 6) is -1.44. The zero-order chi connectivity index (χ0) is 11.4. The molecule has 0 saturated carbocycles. The lowest BCUT2D eigenvalue weighted by atomic mass is 10.0. The highest BCUT2D eigenvalue weighted by Crippen LogP contribution is 2.09. The Labute approximate surface area is 89.4 Å². The van der Waals surface area contributed by atoms with Gasteiger partial charge in [0, 0.05) is 19.1 Å². The maximum Gasteiger partial charge on any atom is 0.317 e. The van der Waals surface area contributed by atoms with E-state index in [1.165, 1.54) is 0 Å². The molecule has 0 aromatic rings. The Bertz CT molecular complexity index is 249. The smallest absolute Gasteiger partial charge is 0.317 e. The van der Waals surface area contributed by atoms with E-state index >= 15 is 0 Å². The fourth-order valence-electron chi connectivity index (χ4n) is 1.55. The lowest BCUT2D eigenvalue weighted by Crippen LogP contribution is -2.46. The van der Waals surface area contributed by atoms with Gasteiger partial charge in [0.25, 0.3) is 0 Å². The number of hydrogen-bond acceptors (Lipinski definition) is 2. The van der Waals surface area contributed by atoms with Crippen LogP contribution < -0.4 is 5.32 Å². The molecule has 0 aromatic carbocycles. The van der Waals surface area contributed by atoms with Gasteiger partial charge < -0.3 is 15.3 Å². The van der Waals surface area contributed by atoms with Gasteiger partial charge in [-0.1, -0.05) is 0 Å². The van der Waals surface area contributed by atoms with E-state index in [-0.39, 0.29) is 12.1 Å². The van der Waals surface area contributed by atoms with Crippen molar-refractivity contribution >= 4 is 12.0 Å². The molecule has 0 radical (unpaired) electrons. The van der Waals surface area contributed by atoms with Crippen LogP contribution in [-0.4, -0.2) is 41.1 Å². The molecule has 1 aliphatic heterocycles. The Morgan fingerprint density at radius 3 is 2.27 bits per heavy atom. The first-order valence-electron chi connectivity index (χ1n) is 5.30. The van der Waals surface area contributed by atoms with Crippen molar-refractivity contribution in [1.82, 2.24) is 10.2 Å². The quantitative estimate of drug-likeness (QED) is 0.733. The molecule has 1 heterocycles. The zero-order valence-corrected chi connectivity index (χ0v) is 9.19. The number of amides is 2. The second kappa shape index (κ2) is 5.00. The first kappa shape index (κ1) is 11.8. The van der Waals surface area contributed by atoms with Gasteiger partial charge in [-0.15, -0.1) is 0 Å². The minimum absolute atomic E-state index is 0.145. The second-order valence-corrected chi connectivity index (χ2v) is 4.06. The number of carboxylic acids is 1. The number of carbonyl (C=O) groups is 2. The summed E-state index contributed by atoms with van der Waals surface area (Å²) >= 11 is 0. The SMILES string of the molecule is CC(NC(=O)N1CCCC1)C(C)C(=O)O. The van der Waals surface area contributed by atoms with Gasteiger partial charge >= 0.3 is 12.0 Å². The fourth-order valence-corrected chi connectivity index (χ4v) is 1.55. The number of nitrogens with zero attached hydrogens (tertiary/aromatic N) is 1. The summed E-state index contributed by atoms with van der Waals surface area (Å²) in [7, 11) is 0. The molecule has 0 aromatic heterocycles. The van der Waals surface area contributed by atoms with Gasteiger partial charge in [-0.25, -0.2) is 4.79 Å². The first-order chi connectivity index (χ1) is 7.02. The van der Waals surface area contributed by atoms with Crippen LogP contribution in [0.1, 0.15) is 26.7 Å². The van der Waals surface area contributed by atoms with Crippen LogP contribution in [0, 0.1) is 5.92 Å². The molecule has 0 spiro atoms. The molecule has 5 heteroatoms. The summed E-state index contributed by atoms with van der Waals surface area (Å²) in [5, 5.41) is 11.5. The van der Waals surface area contributed by atoms with Crippen LogP contribution >= 0.6 is 0 Å². The summed E-state index contributed by atoms with van der Waals surface area (Å²) in [6, 6.07) is -0.483. The van der Waals surface area contributed by atoms with Crippen LogP contribution in [0.4, 0.5) is 4.79 Å². The maximum atomic E-state index is 11.6. The normalized spacial score (nSPS) is 19.7. The number of carboxylic acid groups (broad SMARTS) is 1. The molecule has 5 nitrogen and oxygen atoms in total. The molecule has 2 unspecified atom stereocenters. The number of carbonyl (C=O) groups excluding carboxylic acids is 1. The average Bonchev–Trinajstić information content (AvgIpc) is 2.68. The Morgan fingerprint density at radius 2 is 1.80 bits per heavy atom. The molecule has 2 atom stereocenters. The van der Waals surface area contributed by atoms with Crippen LogP contribution in [0.25, 0.3) is 0 Å². The van der Waals surface area contributed by atoms with E-state index in [0.717, 1.165) is 25.9 Å². The third-order valence-electron chi connectivity index (χ3n) is 2.88. The third-order valence-corrected chi connectivity index (χ3v) is 2.88. The Morgan fingerprint density at radius 1 is 1.27 bits per heavy atom. The van der Waals surface area contributed by atoms with Crippen molar-refractivity contribution in [2.24, 2.45) is 5.92 Å². The van der Waals surface area contributed by atoms with Crippen molar-refractivity contribution in [2.75, 3.05) is 13.1 Å². The van der Waals surface area contributed by atoms with E-state index in [9.17, 15) is 9.59 Å². The maximum absolute atomic E-state index is 11.6. The molecular formula is C10H18N2O3. The van der Waals surface area contributed by atoms with Crippen molar-refractivity contribution in [3.63, 3.8) is 0 Å². The topological polar surface area (TPSA) is 69.6 Å². The van der Waals surface area contributed by atoms with Gasteiger partial charge in [-0.05, 0) is 26.7 Å². The van der Waals surface area contributed by atoms with Gasteiger partial charge in [0.05, 0.1) is 5.92 Å². The number of nitrogens with one attached hydrogen (secondary N) is 1. The molecule has 86 valence electrons.